The molecule has 1 fully saturated rings. The van der Waals surface area contributed by atoms with E-state index in [0.717, 1.165) is 0 Å². The Bertz CT molecular complexity index is 996. The van der Waals surface area contributed by atoms with Gasteiger partial charge >= 0.3 is 0 Å². The maximum atomic E-state index is 11.1. The molecule has 2 aromatic rings. The lowest BCUT2D eigenvalue weighted by Crippen LogP contribution is -2.61. The summed E-state index contributed by atoms with van der Waals surface area (Å²) >= 11 is 0. The predicted molar refractivity (Wildman–Crippen MR) is 134 cm³/mol. The SMILES string of the molecule is OC[C@@H](O)[C@@H](O[C@H]1O[C@@H](CO)[C@@H](O)[C@@H](O)[C@H]1O)[C@@H](O)C(/C=N\Nc1ccccc1)=N\Nc1ccccc1. The topological polar surface area (TPSA) is 209 Å². The maximum Gasteiger partial charge on any atom is 0.187 e. The summed E-state index contributed by atoms with van der Waals surface area (Å²) in [7, 11) is 0. The molecule has 9 N–H and O–H groups in total. The van der Waals surface area contributed by atoms with Crippen LogP contribution in [0.25, 0.3) is 0 Å². The molecular weight excluding hydrogens is 488 g/mol. The van der Waals surface area contributed by atoms with Crippen molar-refractivity contribution in [2.24, 2.45) is 10.2 Å². The summed E-state index contributed by atoms with van der Waals surface area (Å²) in [4.78, 5) is 0. The number of benzene rings is 2. The third-order valence-corrected chi connectivity index (χ3v) is 5.57. The van der Waals surface area contributed by atoms with Gasteiger partial charge in [0.05, 0.1) is 30.8 Å². The van der Waals surface area contributed by atoms with Crippen LogP contribution in [0.2, 0.25) is 0 Å². The molecule has 0 aromatic heterocycles. The van der Waals surface area contributed by atoms with E-state index in [-0.39, 0.29) is 5.71 Å². The Morgan fingerprint density at radius 3 is 2.05 bits per heavy atom. The molecule has 1 aliphatic rings. The summed E-state index contributed by atoms with van der Waals surface area (Å²) in [6.07, 6.45) is -12.1. The molecule has 13 nitrogen and oxygen atoms in total. The highest BCUT2D eigenvalue weighted by molar-refractivity contribution is 6.33. The quantitative estimate of drug-likeness (QED) is 0.116. The number of para-hydroxylation sites is 2. The van der Waals surface area contributed by atoms with Crippen molar-refractivity contribution < 1.29 is 45.2 Å². The van der Waals surface area contributed by atoms with E-state index in [1.54, 1.807) is 54.6 Å². The smallest absolute Gasteiger partial charge is 0.187 e. The van der Waals surface area contributed by atoms with E-state index in [2.05, 4.69) is 21.1 Å². The van der Waals surface area contributed by atoms with Gasteiger partial charge in [-0.25, -0.2) is 0 Å². The van der Waals surface area contributed by atoms with E-state index in [1.165, 1.54) is 6.21 Å². The molecule has 1 heterocycles. The average Bonchev–Trinajstić information content (AvgIpc) is 2.93. The van der Waals surface area contributed by atoms with Crippen LogP contribution in [0.15, 0.2) is 70.9 Å². The van der Waals surface area contributed by atoms with Gasteiger partial charge in [-0.05, 0) is 24.3 Å². The molecule has 1 aliphatic heterocycles. The van der Waals surface area contributed by atoms with Gasteiger partial charge in [0.15, 0.2) is 6.29 Å². The van der Waals surface area contributed by atoms with Crippen LogP contribution in [0.5, 0.6) is 0 Å². The monoisotopic (exact) mass is 520 g/mol. The molecule has 0 radical (unpaired) electrons. The number of hydrogen-bond acceptors (Lipinski definition) is 13. The summed E-state index contributed by atoms with van der Waals surface area (Å²) in [5, 5.41) is 79.1. The van der Waals surface area contributed by atoms with E-state index in [0.29, 0.717) is 11.4 Å². The van der Waals surface area contributed by atoms with Crippen molar-refractivity contribution in [3.05, 3.63) is 60.7 Å². The third kappa shape index (κ3) is 7.75. The largest absolute Gasteiger partial charge is 0.394 e. The van der Waals surface area contributed by atoms with Crippen LogP contribution >= 0.6 is 0 Å². The van der Waals surface area contributed by atoms with Crippen molar-refractivity contribution >= 4 is 23.3 Å². The van der Waals surface area contributed by atoms with Crippen molar-refractivity contribution in [3.8, 4) is 0 Å². The first-order valence-electron chi connectivity index (χ1n) is 11.5. The number of aliphatic hydroxyl groups is 7. The molecule has 3 rings (SSSR count). The number of hydrazone groups is 2. The van der Waals surface area contributed by atoms with Gasteiger partial charge in [0, 0.05) is 0 Å². The maximum absolute atomic E-state index is 11.1. The number of rotatable bonds is 12. The number of ether oxygens (including phenoxy) is 2. The van der Waals surface area contributed by atoms with Gasteiger partial charge in [-0.15, -0.1) is 0 Å². The lowest BCUT2D eigenvalue weighted by Gasteiger charge is -2.41. The first-order valence-corrected chi connectivity index (χ1v) is 11.5. The highest BCUT2D eigenvalue weighted by Gasteiger charge is 2.46. The lowest BCUT2D eigenvalue weighted by molar-refractivity contribution is -0.322. The average molecular weight is 521 g/mol. The van der Waals surface area contributed by atoms with Gasteiger partial charge in [0.1, 0.15) is 48.4 Å². The predicted octanol–water partition coefficient (Wildman–Crippen LogP) is -1.55. The third-order valence-electron chi connectivity index (χ3n) is 5.57. The number of anilines is 2. The Morgan fingerprint density at radius 2 is 1.49 bits per heavy atom. The normalized spacial score (nSPS) is 27.0. The number of nitrogens with one attached hydrogen (secondary N) is 2. The van der Waals surface area contributed by atoms with Crippen LogP contribution in [0.1, 0.15) is 0 Å². The second-order valence-electron chi connectivity index (χ2n) is 8.24. The molecule has 8 atom stereocenters. The fourth-order valence-corrected chi connectivity index (χ4v) is 3.48. The lowest BCUT2D eigenvalue weighted by atomic mass is 9.98. The molecule has 0 bridgehead atoms. The number of hydrogen-bond donors (Lipinski definition) is 9. The fourth-order valence-electron chi connectivity index (χ4n) is 3.48. The molecule has 0 unspecified atom stereocenters. The Balaban J connectivity index is 1.85. The minimum absolute atomic E-state index is 0.144. The van der Waals surface area contributed by atoms with E-state index in [1.807, 2.05) is 6.07 Å². The molecular formula is C24H32N4O9. The Hall–Kier alpha value is -2.98. The highest BCUT2D eigenvalue weighted by Crippen LogP contribution is 2.24. The summed E-state index contributed by atoms with van der Waals surface area (Å²) in [5.41, 5.74) is 6.59. The summed E-state index contributed by atoms with van der Waals surface area (Å²) in [5.74, 6) is 0. The van der Waals surface area contributed by atoms with Crippen LogP contribution in [0.4, 0.5) is 11.4 Å². The molecule has 0 amide bonds. The van der Waals surface area contributed by atoms with E-state index < -0.39 is 62.2 Å². The molecule has 0 spiro atoms. The molecule has 0 saturated carbocycles. The minimum atomic E-state index is -1.80. The van der Waals surface area contributed by atoms with Crippen molar-refractivity contribution in [2.75, 3.05) is 24.1 Å². The molecule has 0 aliphatic carbocycles. The first kappa shape index (κ1) is 28.6. The molecule has 2 aromatic carbocycles. The van der Waals surface area contributed by atoms with Gasteiger partial charge in [-0.2, -0.15) is 10.2 Å². The minimum Gasteiger partial charge on any atom is -0.394 e. The number of nitrogens with zero attached hydrogens (tertiary/aromatic N) is 2. The zero-order valence-electron chi connectivity index (χ0n) is 19.7. The van der Waals surface area contributed by atoms with Gasteiger partial charge < -0.3 is 45.2 Å². The van der Waals surface area contributed by atoms with Gasteiger partial charge in [0.25, 0.3) is 0 Å². The fraction of sp³-hybridized carbons (Fsp3) is 0.417. The Morgan fingerprint density at radius 1 is 0.892 bits per heavy atom. The van der Waals surface area contributed by atoms with E-state index >= 15 is 0 Å². The Labute approximate surface area is 212 Å². The van der Waals surface area contributed by atoms with Crippen LogP contribution in [0.3, 0.4) is 0 Å². The molecule has 13 heteroatoms. The summed E-state index contributed by atoms with van der Waals surface area (Å²) < 4.78 is 10.9. The van der Waals surface area contributed by atoms with Crippen molar-refractivity contribution in [1.82, 2.24) is 0 Å². The zero-order valence-corrected chi connectivity index (χ0v) is 19.7. The van der Waals surface area contributed by atoms with Gasteiger partial charge in [-0.3, -0.25) is 10.9 Å². The standard InChI is InChI=1S/C24H32N4O9/c29-12-17(31)23(37-24-22(35)21(34)20(33)18(13-30)36-24)19(32)16(28-27-15-9-5-2-6-10-15)11-25-26-14-7-3-1-4-8-14/h1-11,17-24,26-27,29-35H,12-13H2/b25-11-,28-16-/t17-,18+,19+,20-,21-,22-,23-,24-/m1/s1. The highest BCUT2D eigenvalue weighted by atomic mass is 16.7. The Kier molecular flexibility index (Phi) is 10.9. The van der Waals surface area contributed by atoms with Crippen LogP contribution in [0, 0.1) is 0 Å². The zero-order chi connectivity index (χ0) is 26.8. The van der Waals surface area contributed by atoms with Crippen molar-refractivity contribution in [3.63, 3.8) is 0 Å². The van der Waals surface area contributed by atoms with E-state index in [4.69, 9.17) is 9.47 Å². The van der Waals surface area contributed by atoms with Gasteiger partial charge in [-0.1, -0.05) is 36.4 Å². The van der Waals surface area contributed by atoms with Crippen LogP contribution < -0.4 is 10.9 Å². The summed E-state index contributed by atoms with van der Waals surface area (Å²) in [6.45, 7) is -1.55. The van der Waals surface area contributed by atoms with Crippen LogP contribution in [-0.4, -0.2) is 110 Å². The van der Waals surface area contributed by atoms with Crippen molar-refractivity contribution in [2.45, 2.75) is 49.0 Å². The summed E-state index contributed by atoms with van der Waals surface area (Å²) in [6, 6.07) is 17.7. The van der Waals surface area contributed by atoms with Gasteiger partial charge in [0.2, 0.25) is 0 Å². The second kappa shape index (κ2) is 14.1. The number of aliphatic hydroxyl groups excluding tert-OH is 7. The first-order chi connectivity index (χ1) is 17.8. The molecule has 37 heavy (non-hydrogen) atoms. The van der Waals surface area contributed by atoms with Crippen molar-refractivity contribution in [1.29, 1.82) is 0 Å². The molecule has 202 valence electrons. The second-order valence-corrected chi connectivity index (χ2v) is 8.24. The van der Waals surface area contributed by atoms with Crippen LogP contribution in [-0.2, 0) is 9.47 Å². The molecule has 1 saturated heterocycles. The van der Waals surface area contributed by atoms with E-state index in [9.17, 15) is 35.7 Å².